The summed E-state index contributed by atoms with van der Waals surface area (Å²) in [6.45, 7) is 7.13. The summed E-state index contributed by atoms with van der Waals surface area (Å²) in [5.74, 6) is 0.449. The molecule has 2 amide bonds. The Kier molecular flexibility index (Phi) is 9.28. The Bertz CT molecular complexity index is 246. The van der Waals surface area contributed by atoms with Crippen LogP contribution in [0, 0.1) is 5.92 Å². The maximum absolute atomic E-state index is 11.6. The molecule has 0 aliphatic carbocycles. The van der Waals surface area contributed by atoms with Gasteiger partial charge >= 0.3 is 0 Å². The van der Waals surface area contributed by atoms with Gasteiger partial charge in [0.05, 0.1) is 0 Å². The molecule has 0 aliphatic rings. The van der Waals surface area contributed by atoms with E-state index in [1.165, 1.54) is 12.8 Å². The molecule has 0 aromatic carbocycles. The predicted octanol–water partition coefficient (Wildman–Crippen LogP) is 0.651. The van der Waals surface area contributed by atoms with Gasteiger partial charge in [-0.25, -0.2) is 0 Å². The number of hydrogen-bond donors (Lipinski definition) is 3. The van der Waals surface area contributed by atoms with Crippen molar-refractivity contribution in [3.8, 4) is 0 Å². The van der Waals surface area contributed by atoms with Crippen LogP contribution in [0.2, 0.25) is 0 Å². The molecule has 3 atom stereocenters. The minimum atomic E-state index is -0.522. The minimum Gasteiger partial charge on any atom is -0.357 e. The predicted molar refractivity (Wildman–Crippen MR) is 73.2 cm³/mol. The van der Waals surface area contributed by atoms with E-state index < -0.39 is 6.04 Å². The molecule has 18 heavy (non-hydrogen) atoms. The van der Waals surface area contributed by atoms with Crippen LogP contribution < -0.4 is 16.0 Å². The van der Waals surface area contributed by atoms with E-state index in [4.69, 9.17) is 0 Å². The van der Waals surface area contributed by atoms with Crippen molar-refractivity contribution in [3.63, 3.8) is 0 Å². The van der Waals surface area contributed by atoms with E-state index in [9.17, 15) is 9.59 Å². The second-order valence-corrected chi connectivity index (χ2v) is 4.64. The molecular weight excluding hydrogens is 230 g/mol. The Morgan fingerprint density at radius 2 is 2.00 bits per heavy atom. The molecule has 0 heterocycles. The number of carbonyl (C=O) groups excluding carboxylic acids is 2. The van der Waals surface area contributed by atoms with Crippen LogP contribution in [-0.4, -0.2) is 38.0 Å². The van der Waals surface area contributed by atoms with Crippen LogP contribution >= 0.6 is 0 Å². The van der Waals surface area contributed by atoms with Crippen LogP contribution in [0.25, 0.3) is 0 Å². The summed E-state index contributed by atoms with van der Waals surface area (Å²) in [6.07, 6.45) is 4.04. The number of rotatable bonds is 10. The minimum absolute atomic E-state index is 0.0824. The molecule has 0 aromatic rings. The first kappa shape index (κ1) is 16.9. The maximum Gasteiger partial charge on any atom is 0.243 e. The Balaban J connectivity index is 4.27. The molecule has 5 heteroatoms. The number of hydrogen-bond acceptors (Lipinski definition) is 3. The molecule has 0 rings (SSSR count). The lowest BCUT2D eigenvalue weighted by Crippen LogP contribution is -2.54. The summed E-state index contributed by atoms with van der Waals surface area (Å²) in [6, 6.07) is -0.604. The van der Waals surface area contributed by atoms with E-state index in [-0.39, 0.29) is 11.9 Å². The SMILES string of the molecule is CCCC(CC)CNC(C)C(NC=O)C(=O)NC. The lowest BCUT2D eigenvalue weighted by Gasteiger charge is -2.25. The average molecular weight is 257 g/mol. The fraction of sp³-hybridized carbons (Fsp3) is 0.846. The lowest BCUT2D eigenvalue weighted by atomic mass is 10.00. The van der Waals surface area contributed by atoms with Gasteiger partial charge in [0.25, 0.3) is 0 Å². The van der Waals surface area contributed by atoms with Crippen molar-refractivity contribution in [1.82, 2.24) is 16.0 Å². The van der Waals surface area contributed by atoms with E-state index in [0.717, 1.165) is 13.0 Å². The van der Waals surface area contributed by atoms with Crippen molar-refractivity contribution in [3.05, 3.63) is 0 Å². The zero-order valence-electron chi connectivity index (χ0n) is 12.0. The summed E-state index contributed by atoms with van der Waals surface area (Å²) in [7, 11) is 1.57. The lowest BCUT2D eigenvalue weighted by molar-refractivity contribution is -0.125. The normalized spacial score (nSPS) is 15.6. The Labute approximate surface area is 110 Å². The van der Waals surface area contributed by atoms with Crippen LogP contribution in [-0.2, 0) is 9.59 Å². The van der Waals surface area contributed by atoms with Crippen molar-refractivity contribution >= 4 is 12.3 Å². The molecule has 0 radical (unpaired) electrons. The van der Waals surface area contributed by atoms with Crippen LogP contribution in [0.4, 0.5) is 0 Å². The molecule has 5 nitrogen and oxygen atoms in total. The highest BCUT2D eigenvalue weighted by Crippen LogP contribution is 2.09. The van der Waals surface area contributed by atoms with Gasteiger partial charge in [-0.3, -0.25) is 9.59 Å². The zero-order chi connectivity index (χ0) is 14.0. The molecule has 106 valence electrons. The molecule has 0 saturated carbocycles. The van der Waals surface area contributed by atoms with Gasteiger partial charge < -0.3 is 16.0 Å². The highest BCUT2D eigenvalue weighted by atomic mass is 16.2. The van der Waals surface area contributed by atoms with E-state index in [1.54, 1.807) is 7.05 Å². The van der Waals surface area contributed by atoms with Crippen LogP contribution in [0.15, 0.2) is 0 Å². The van der Waals surface area contributed by atoms with E-state index in [1.807, 2.05) is 6.92 Å². The van der Waals surface area contributed by atoms with Gasteiger partial charge in [-0.1, -0.05) is 26.7 Å². The van der Waals surface area contributed by atoms with Crippen LogP contribution in [0.3, 0.4) is 0 Å². The van der Waals surface area contributed by atoms with E-state index in [2.05, 4.69) is 29.8 Å². The van der Waals surface area contributed by atoms with Crippen LogP contribution in [0.5, 0.6) is 0 Å². The van der Waals surface area contributed by atoms with Crippen molar-refractivity contribution in [2.75, 3.05) is 13.6 Å². The van der Waals surface area contributed by atoms with Gasteiger partial charge in [-0.15, -0.1) is 0 Å². The molecule has 3 N–H and O–H groups in total. The standard InChI is InChI=1S/C13H27N3O2/c1-5-7-11(6-2)8-15-10(3)12(16-9-17)13(18)14-4/h9-12,15H,5-8H2,1-4H3,(H,14,18)(H,16,17). The fourth-order valence-electron chi connectivity index (χ4n) is 2.01. The van der Waals surface area contributed by atoms with Crippen molar-refractivity contribution in [2.24, 2.45) is 5.92 Å². The summed E-state index contributed by atoms with van der Waals surface area (Å²) in [5, 5.41) is 8.45. The van der Waals surface area contributed by atoms with Crippen molar-refractivity contribution in [2.45, 2.75) is 52.1 Å². The van der Waals surface area contributed by atoms with Gasteiger partial charge in [0.1, 0.15) is 6.04 Å². The first-order chi connectivity index (χ1) is 8.60. The van der Waals surface area contributed by atoms with Gasteiger partial charge in [-0.05, 0) is 25.8 Å². The molecule has 0 spiro atoms. The summed E-state index contributed by atoms with van der Waals surface area (Å²) in [5.41, 5.74) is 0. The van der Waals surface area contributed by atoms with Gasteiger partial charge in [0, 0.05) is 13.1 Å². The number of nitrogens with one attached hydrogen (secondary N) is 3. The van der Waals surface area contributed by atoms with Gasteiger partial charge in [0.2, 0.25) is 12.3 Å². The first-order valence-electron chi connectivity index (χ1n) is 6.75. The third-order valence-corrected chi connectivity index (χ3v) is 3.28. The third-order valence-electron chi connectivity index (χ3n) is 3.28. The van der Waals surface area contributed by atoms with Crippen molar-refractivity contribution in [1.29, 1.82) is 0 Å². The average Bonchev–Trinajstić information content (AvgIpc) is 2.39. The summed E-state index contributed by atoms with van der Waals surface area (Å²) < 4.78 is 0. The smallest absolute Gasteiger partial charge is 0.243 e. The Morgan fingerprint density at radius 3 is 2.44 bits per heavy atom. The molecular formula is C13H27N3O2. The van der Waals surface area contributed by atoms with Gasteiger partial charge in [-0.2, -0.15) is 0 Å². The van der Waals surface area contributed by atoms with E-state index in [0.29, 0.717) is 12.3 Å². The van der Waals surface area contributed by atoms with Crippen LogP contribution in [0.1, 0.15) is 40.0 Å². The first-order valence-corrected chi connectivity index (χ1v) is 6.75. The number of likely N-dealkylation sites (N-methyl/N-ethyl adjacent to an activating group) is 1. The van der Waals surface area contributed by atoms with Gasteiger partial charge in [0.15, 0.2) is 0 Å². The second-order valence-electron chi connectivity index (χ2n) is 4.64. The van der Waals surface area contributed by atoms with E-state index >= 15 is 0 Å². The summed E-state index contributed by atoms with van der Waals surface area (Å²) >= 11 is 0. The molecule has 0 aliphatic heterocycles. The Hall–Kier alpha value is -1.10. The largest absolute Gasteiger partial charge is 0.357 e. The number of carbonyl (C=O) groups is 2. The second kappa shape index (κ2) is 9.88. The zero-order valence-corrected chi connectivity index (χ0v) is 12.0. The fourth-order valence-corrected chi connectivity index (χ4v) is 2.01. The molecule has 0 saturated heterocycles. The Morgan fingerprint density at radius 1 is 1.33 bits per heavy atom. The quantitative estimate of drug-likeness (QED) is 0.503. The van der Waals surface area contributed by atoms with Crippen molar-refractivity contribution < 1.29 is 9.59 Å². The number of amides is 2. The molecule has 0 fully saturated rings. The topological polar surface area (TPSA) is 70.2 Å². The molecule has 0 bridgehead atoms. The monoisotopic (exact) mass is 257 g/mol. The highest BCUT2D eigenvalue weighted by molar-refractivity contribution is 5.84. The molecule has 3 unspecified atom stereocenters. The third kappa shape index (κ3) is 6.00. The maximum atomic E-state index is 11.6. The molecule has 0 aromatic heterocycles. The summed E-state index contributed by atoms with van der Waals surface area (Å²) in [4.78, 5) is 22.1. The highest BCUT2D eigenvalue weighted by Gasteiger charge is 2.23.